The Labute approximate surface area is 221 Å². The van der Waals surface area contributed by atoms with Gasteiger partial charge >= 0.3 is 5.97 Å². The largest absolute Gasteiger partial charge is 0.497 e. The number of amides is 1. The van der Waals surface area contributed by atoms with Crippen LogP contribution in [0.3, 0.4) is 0 Å². The van der Waals surface area contributed by atoms with Crippen LogP contribution in [0.4, 0.5) is 0 Å². The van der Waals surface area contributed by atoms with Gasteiger partial charge in [-0.3, -0.25) is 19.8 Å². The molecule has 3 heterocycles. The van der Waals surface area contributed by atoms with Gasteiger partial charge in [-0.05, 0) is 36.8 Å². The standard InChI is InChI=1S/C27H32N4O7/c1-4-36-26(33)23-24(19-7-6-18(34-2)14-21(19)35-3)28-27(29-25(23)32)31-11-9-30(10-12-31)15-17-5-8-20-22(13-17)38-16-37-20/h5-8,13-14,23-24H,4,9-12,15-16H2,1-3H3,(H,28,29,32)/t23-,24+/m1/s1. The van der Waals surface area contributed by atoms with E-state index in [9.17, 15) is 9.59 Å². The van der Waals surface area contributed by atoms with Gasteiger partial charge in [0.25, 0.3) is 0 Å². The summed E-state index contributed by atoms with van der Waals surface area (Å²) in [5.41, 5.74) is 1.76. The summed E-state index contributed by atoms with van der Waals surface area (Å²) in [6, 6.07) is 10.5. The van der Waals surface area contributed by atoms with Crippen molar-refractivity contribution in [1.82, 2.24) is 15.1 Å². The first-order valence-electron chi connectivity index (χ1n) is 12.6. The third-order valence-corrected chi connectivity index (χ3v) is 6.91. The second kappa shape index (κ2) is 11.2. The molecular formula is C27H32N4O7. The lowest BCUT2D eigenvalue weighted by Crippen LogP contribution is -2.57. The Morgan fingerprint density at radius 3 is 2.58 bits per heavy atom. The Morgan fingerprint density at radius 2 is 1.84 bits per heavy atom. The lowest BCUT2D eigenvalue weighted by molar-refractivity contribution is -0.153. The molecule has 11 nitrogen and oxygen atoms in total. The van der Waals surface area contributed by atoms with Crippen LogP contribution in [0.25, 0.3) is 0 Å². The van der Waals surface area contributed by atoms with E-state index in [1.54, 1.807) is 32.2 Å². The van der Waals surface area contributed by atoms with Crippen LogP contribution in [-0.2, 0) is 20.9 Å². The summed E-state index contributed by atoms with van der Waals surface area (Å²) >= 11 is 0. The fourth-order valence-electron chi connectivity index (χ4n) is 4.93. The van der Waals surface area contributed by atoms with Gasteiger partial charge in [-0.25, -0.2) is 4.99 Å². The maximum absolute atomic E-state index is 13.3. The van der Waals surface area contributed by atoms with Crippen molar-refractivity contribution >= 4 is 17.8 Å². The number of hydrogen-bond donors (Lipinski definition) is 1. The fraction of sp³-hybridized carbons (Fsp3) is 0.444. The summed E-state index contributed by atoms with van der Waals surface area (Å²) < 4.78 is 27.0. The first-order chi connectivity index (χ1) is 18.5. The maximum atomic E-state index is 13.3. The Hall–Kier alpha value is -3.99. The summed E-state index contributed by atoms with van der Waals surface area (Å²) in [6.45, 7) is 5.80. The SMILES string of the molecule is CCOC(=O)[C@H]1C(=O)NC(N2CCN(Cc3ccc4c(c3)OCO4)CC2)=N[C@H]1c1ccc(OC)cc1OC. The number of carbonyl (C=O) groups excluding carboxylic acids is 2. The molecule has 0 radical (unpaired) electrons. The predicted molar refractivity (Wildman–Crippen MR) is 137 cm³/mol. The smallest absolute Gasteiger partial charge is 0.321 e. The number of rotatable bonds is 7. The molecular weight excluding hydrogens is 492 g/mol. The van der Waals surface area contributed by atoms with Gasteiger partial charge in [0.1, 0.15) is 17.5 Å². The summed E-state index contributed by atoms with van der Waals surface area (Å²) in [5, 5.41) is 2.85. The van der Waals surface area contributed by atoms with Gasteiger partial charge in [-0.1, -0.05) is 6.07 Å². The molecule has 3 aliphatic rings. The molecule has 38 heavy (non-hydrogen) atoms. The van der Waals surface area contributed by atoms with Gasteiger partial charge in [0, 0.05) is 44.4 Å². The van der Waals surface area contributed by atoms with Crippen molar-refractivity contribution in [2.45, 2.75) is 19.5 Å². The van der Waals surface area contributed by atoms with Crippen LogP contribution in [0.2, 0.25) is 0 Å². The number of piperazine rings is 1. The Bertz CT molecular complexity index is 1230. The van der Waals surface area contributed by atoms with Crippen molar-refractivity contribution in [2.24, 2.45) is 10.9 Å². The number of esters is 1. The second-order valence-electron chi connectivity index (χ2n) is 9.18. The topological polar surface area (TPSA) is 111 Å². The number of benzene rings is 2. The number of guanidine groups is 1. The Kier molecular flexibility index (Phi) is 7.54. The van der Waals surface area contributed by atoms with Crippen molar-refractivity contribution in [3.8, 4) is 23.0 Å². The number of methoxy groups -OCH3 is 2. The van der Waals surface area contributed by atoms with Crippen LogP contribution in [0.15, 0.2) is 41.4 Å². The second-order valence-corrected chi connectivity index (χ2v) is 9.18. The van der Waals surface area contributed by atoms with Gasteiger partial charge in [-0.15, -0.1) is 0 Å². The monoisotopic (exact) mass is 524 g/mol. The Balaban J connectivity index is 1.34. The number of carbonyl (C=O) groups is 2. The molecule has 1 amide bonds. The fourth-order valence-corrected chi connectivity index (χ4v) is 4.93. The van der Waals surface area contributed by atoms with Gasteiger partial charge in [0.2, 0.25) is 18.7 Å². The molecule has 0 spiro atoms. The molecule has 2 atom stereocenters. The van der Waals surface area contributed by atoms with Gasteiger partial charge < -0.3 is 28.6 Å². The van der Waals surface area contributed by atoms with E-state index in [-0.39, 0.29) is 13.4 Å². The van der Waals surface area contributed by atoms with Crippen molar-refractivity contribution in [3.63, 3.8) is 0 Å². The number of aliphatic imine (C=N–C) groups is 1. The predicted octanol–water partition coefficient (Wildman–Crippen LogP) is 1.96. The minimum Gasteiger partial charge on any atom is -0.497 e. The van der Waals surface area contributed by atoms with Crippen LogP contribution in [0, 0.1) is 5.92 Å². The van der Waals surface area contributed by atoms with Crippen molar-refractivity contribution in [1.29, 1.82) is 0 Å². The summed E-state index contributed by atoms with van der Waals surface area (Å²) in [5.74, 6) is 0.874. The van der Waals surface area contributed by atoms with Crippen molar-refractivity contribution < 1.29 is 33.3 Å². The number of nitrogens with one attached hydrogen (secondary N) is 1. The van der Waals surface area contributed by atoms with Gasteiger partial charge in [0.05, 0.1) is 20.8 Å². The van der Waals surface area contributed by atoms with E-state index in [1.807, 2.05) is 23.1 Å². The lowest BCUT2D eigenvalue weighted by Gasteiger charge is -2.39. The lowest BCUT2D eigenvalue weighted by atomic mass is 9.90. The molecule has 1 N–H and O–H groups in total. The van der Waals surface area contributed by atoms with Crippen LogP contribution in [0.5, 0.6) is 23.0 Å². The minimum atomic E-state index is -1.13. The number of ether oxygens (including phenoxy) is 5. The summed E-state index contributed by atoms with van der Waals surface area (Å²) in [4.78, 5) is 35.3. The normalized spacial score (nSPS) is 21.0. The molecule has 0 saturated carbocycles. The van der Waals surface area contributed by atoms with E-state index < -0.39 is 23.8 Å². The van der Waals surface area contributed by atoms with E-state index in [2.05, 4.69) is 10.2 Å². The third kappa shape index (κ3) is 5.19. The molecule has 5 rings (SSSR count). The highest BCUT2D eigenvalue weighted by Gasteiger charge is 2.43. The highest BCUT2D eigenvalue weighted by Crippen LogP contribution is 2.38. The molecule has 3 aliphatic heterocycles. The highest BCUT2D eigenvalue weighted by molar-refractivity contribution is 6.08. The number of hydrogen-bond acceptors (Lipinski definition) is 10. The van der Waals surface area contributed by atoms with Crippen molar-refractivity contribution in [3.05, 3.63) is 47.5 Å². The van der Waals surface area contributed by atoms with Crippen LogP contribution < -0.4 is 24.3 Å². The zero-order valence-corrected chi connectivity index (χ0v) is 21.8. The van der Waals surface area contributed by atoms with Crippen LogP contribution in [0.1, 0.15) is 24.1 Å². The van der Waals surface area contributed by atoms with Crippen molar-refractivity contribution in [2.75, 3.05) is 53.8 Å². The molecule has 0 aromatic heterocycles. The quantitative estimate of drug-likeness (QED) is 0.429. The molecule has 0 unspecified atom stereocenters. The Morgan fingerprint density at radius 1 is 1.05 bits per heavy atom. The molecule has 202 valence electrons. The number of fused-ring (bicyclic) bond motifs is 1. The molecule has 2 aromatic carbocycles. The molecule has 0 bridgehead atoms. The number of nitrogens with zero attached hydrogens (tertiary/aromatic N) is 3. The minimum absolute atomic E-state index is 0.164. The molecule has 1 fully saturated rings. The van der Waals surface area contributed by atoms with E-state index in [1.165, 1.54) is 7.11 Å². The average molecular weight is 525 g/mol. The van der Waals surface area contributed by atoms with Crippen LogP contribution in [-0.4, -0.2) is 81.4 Å². The molecule has 1 saturated heterocycles. The first kappa shape index (κ1) is 25.7. The summed E-state index contributed by atoms with van der Waals surface area (Å²) in [7, 11) is 3.09. The third-order valence-electron chi connectivity index (χ3n) is 6.91. The highest BCUT2D eigenvalue weighted by atomic mass is 16.7. The zero-order chi connectivity index (χ0) is 26.6. The first-order valence-corrected chi connectivity index (χ1v) is 12.6. The maximum Gasteiger partial charge on any atom is 0.321 e. The van der Waals surface area contributed by atoms with Gasteiger partial charge in [0.15, 0.2) is 17.4 Å². The van der Waals surface area contributed by atoms with E-state index in [0.717, 1.165) is 36.7 Å². The van der Waals surface area contributed by atoms with E-state index >= 15 is 0 Å². The average Bonchev–Trinajstić information content (AvgIpc) is 3.40. The van der Waals surface area contributed by atoms with Gasteiger partial charge in [-0.2, -0.15) is 0 Å². The van der Waals surface area contributed by atoms with Crippen LogP contribution >= 0.6 is 0 Å². The summed E-state index contributed by atoms with van der Waals surface area (Å²) in [6.07, 6.45) is 0. The van der Waals surface area contributed by atoms with E-state index in [4.69, 9.17) is 28.7 Å². The molecule has 2 aromatic rings. The molecule has 0 aliphatic carbocycles. The zero-order valence-electron chi connectivity index (χ0n) is 21.8. The van der Waals surface area contributed by atoms with E-state index in [0.29, 0.717) is 36.1 Å². The molecule has 11 heteroatoms.